The van der Waals surface area contributed by atoms with Crippen LogP contribution in [0.5, 0.6) is 0 Å². The summed E-state index contributed by atoms with van der Waals surface area (Å²) in [5, 5.41) is 12.4. The quantitative estimate of drug-likeness (QED) is 0.256. The molecule has 0 spiro atoms. The molecular formula is C35H22N2. The predicted molar refractivity (Wildman–Crippen MR) is 153 cm³/mol. The molecule has 0 saturated heterocycles. The summed E-state index contributed by atoms with van der Waals surface area (Å²) in [5.74, 6) is 0. The van der Waals surface area contributed by atoms with Crippen LogP contribution >= 0.6 is 0 Å². The highest BCUT2D eigenvalue weighted by molar-refractivity contribution is 6.18. The first-order valence-corrected chi connectivity index (χ1v) is 12.4. The lowest BCUT2D eigenvalue weighted by Crippen LogP contribution is -2.11. The van der Waals surface area contributed by atoms with Gasteiger partial charge in [-0.15, -0.1) is 0 Å². The molecule has 0 atom stereocenters. The van der Waals surface area contributed by atoms with Crippen LogP contribution in [0, 0.1) is 11.3 Å². The molecular weight excluding hydrogens is 448 g/mol. The molecule has 37 heavy (non-hydrogen) atoms. The molecule has 0 aromatic heterocycles. The molecule has 0 radical (unpaired) electrons. The smallest absolute Gasteiger partial charge is 0.101 e. The van der Waals surface area contributed by atoms with Crippen molar-refractivity contribution in [2.45, 2.75) is 0 Å². The summed E-state index contributed by atoms with van der Waals surface area (Å²) in [7, 11) is 0. The maximum Gasteiger partial charge on any atom is 0.101 e. The van der Waals surface area contributed by atoms with Crippen molar-refractivity contribution in [1.82, 2.24) is 0 Å². The first kappa shape index (κ1) is 21.2. The molecule has 6 aromatic carbocycles. The van der Waals surface area contributed by atoms with Crippen molar-refractivity contribution in [3.63, 3.8) is 0 Å². The summed E-state index contributed by atoms with van der Waals surface area (Å²) in [5.41, 5.74) is 11.1. The minimum atomic E-state index is 0.639. The van der Waals surface area contributed by atoms with Gasteiger partial charge in [0.1, 0.15) is 6.07 Å². The van der Waals surface area contributed by atoms with Crippen molar-refractivity contribution in [3.8, 4) is 39.4 Å². The summed E-state index contributed by atoms with van der Waals surface area (Å²) >= 11 is 0. The van der Waals surface area contributed by atoms with Gasteiger partial charge in [0.05, 0.1) is 11.3 Å². The summed E-state index contributed by atoms with van der Waals surface area (Å²) in [6.45, 7) is 0. The van der Waals surface area contributed by atoms with Crippen molar-refractivity contribution in [3.05, 3.63) is 139 Å². The molecule has 7 rings (SSSR count). The van der Waals surface area contributed by atoms with Crippen LogP contribution in [-0.4, -0.2) is 0 Å². The van der Waals surface area contributed by atoms with E-state index in [0.29, 0.717) is 5.56 Å². The first-order valence-electron chi connectivity index (χ1n) is 12.4. The predicted octanol–water partition coefficient (Wildman–Crippen LogP) is 9.50. The minimum Gasteiger partial charge on any atom is -0.309 e. The number of rotatable bonds is 4. The molecule has 0 amide bonds. The molecule has 6 aromatic rings. The topological polar surface area (TPSA) is 27.0 Å². The lowest BCUT2D eigenvalue weighted by atomic mass is 9.94. The molecule has 0 saturated carbocycles. The van der Waals surface area contributed by atoms with Gasteiger partial charge in [-0.2, -0.15) is 5.26 Å². The lowest BCUT2D eigenvalue weighted by Gasteiger charge is -2.26. The number of nitrogens with zero attached hydrogens (tertiary/aromatic N) is 2. The SMILES string of the molecule is N#Cc1ccccc1N(c1ccccc1)c1cccc(-c2ccc3c4c(cccc24)-c2ccccc2-3)c1. The summed E-state index contributed by atoms with van der Waals surface area (Å²) in [4.78, 5) is 2.16. The van der Waals surface area contributed by atoms with Crippen molar-refractivity contribution in [2.24, 2.45) is 0 Å². The Bertz CT molecular complexity index is 1810. The molecule has 0 bridgehead atoms. The highest BCUT2D eigenvalue weighted by Crippen LogP contribution is 2.49. The van der Waals surface area contributed by atoms with E-state index < -0.39 is 0 Å². The molecule has 0 fully saturated rings. The molecule has 172 valence electrons. The second kappa shape index (κ2) is 8.52. The molecule has 0 N–H and O–H groups in total. The minimum absolute atomic E-state index is 0.639. The van der Waals surface area contributed by atoms with E-state index in [0.717, 1.165) is 22.6 Å². The number of anilines is 3. The first-order chi connectivity index (χ1) is 18.3. The van der Waals surface area contributed by atoms with Crippen LogP contribution in [0.15, 0.2) is 133 Å². The average Bonchev–Trinajstić information content (AvgIpc) is 3.30. The third-order valence-electron chi connectivity index (χ3n) is 7.24. The third-order valence-corrected chi connectivity index (χ3v) is 7.24. The fourth-order valence-electron chi connectivity index (χ4n) is 5.64. The number of fused-ring (bicyclic) bond motifs is 3. The van der Waals surface area contributed by atoms with E-state index in [4.69, 9.17) is 0 Å². The highest BCUT2D eigenvalue weighted by atomic mass is 15.1. The van der Waals surface area contributed by atoms with Gasteiger partial charge < -0.3 is 4.90 Å². The van der Waals surface area contributed by atoms with Gasteiger partial charge >= 0.3 is 0 Å². The molecule has 2 heteroatoms. The van der Waals surface area contributed by atoms with E-state index in [2.05, 4.69) is 102 Å². The summed E-state index contributed by atoms with van der Waals surface area (Å²) < 4.78 is 0. The van der Waals surface area contributed by atoms with Crippen LogP contribution in [0.3, 0.4) is 0 Å². The van der Waals surface area contributed by atoms with E-state index in [1.54, 1.807) is 0 Å². The Hall–Kier alpha value is -5.13. The number of hydrogen-bond acceptors (Lipinski definition) is 2. The van der Waals surface area contributed by atoms with Gasteiger partial charge in [0.25, 0.3) is 0 Å². The van der Waals surface area contributed by atoms with E-state index >= 15 is 0 Å². The Morgan fingerprint density at radius 2 is 1.11 bits per heavy atom. The Kier molecular flexibility index (Phi) is 4.87. The zero-order chi connectivity index (χ0) is 24.8. The van der Waals surface area contributed by atoms with Crippen LogP contribution in [-0.2, 0) is 0 Å². The zero-order valence-corrected chi connectivity index (χ0v) is 20.1. The van der Waals surface area contributed by atoms with Crippen molar-refractivity contribution in [1.29, 1.82) is 5.26 Å². The molecule has 0 aliphatic heterocycles. The maximum absolute atomic E-state index is 9.87. The summed E-state index contributed by atoms with van der Waals surface area (Å²) in [6.07, 6.45) is 0. The van der Waals surface area contributed by atoms with Crippen LogP contribution < -0.4 is 4.90 Å². The van der Waals surface area contributed by atoms with Crippen molar-refractivity contribution < 1.29 is 0 Å². The molecule has 0 unspecified atom stereocenters. The Labute approximate surface area is 216 Å². The Morgan fingerprint density at radius 3 is 1.92 bits per heavy atom. The molecule has 1 aliphatic rings. The average molecular weight is 471 g/mol. The maximum atomic E-state index is 9.87. The largest absolute Gasteiger partial charge is 0.309 e. The second-order valence-electron chi connectivity index (χ2n) is 9.28. The number of nitriles is 1. The molecule has 1 aliphatic carbocycles. The van der Waals surface area contributed by atoms with E-state index in [9.17, 15) is 5.26 Å². The van der Waals surface area contributed by atoms with Gasteiger partial charge in [-0.25, -0.2) is 0 Å². The van der Waals surface area contributed by atoms with Crippen LogP contribution in [0.4, 0.5) is 17.1 Å². The Morgan fingerprint density at radius 1 is 0.486 bits per heavy atom. The van der Waals surface area contributed by atoms with E-state index in [1.807, 2.05) is 42.5 Å². The number of para-hydroxylation sites is 2. The van der Waals surface area contributed by atoms with Gasteiger partial charge in [0.2, 0.25) is 0 Å². The highest BCUT2D eigenvalue weighted by Gasteiger charge is 2.22. The van der Waals surface area contributed by atoms with Gasteiger partial charge in [0.15, 0.2) is 0 Å². The normalized spacial score (nSPS) is 11.2. The molecule has 2 nitrogen and oxygen atoms in total. The van der Waals surface area contributed by atoms with Crippen LogP contribution in [0.2, 0.25) is 0 Å². The standard InChI is InChI=1S/C35H22N2/c36-23-25-10-4-7-19-34(25)37(26-12-2-1-3-13-26)27-14-8-11-24(22-27)28-20-21-33-30-16-6-5-15-29(30)32-18-9-17-31(28)35(32)33/h1-22H. The Balaban J connectivity index is 1.43. The fraction of sp³-hybridized carbons (Fsp3) is 0. The van der Waals surface area contributed by atoms with Gasteiger partial charge in [-0.05, 0) is 80.6 Å². The lowest BCUT2D eigenvalue weighted by molar-refractivity contribution is 1.27. The van der Waals surface area contributed by atoms with Crippen LogP contribution in [0.1, 0.15) is 5.56 Å². The zero-order valence-electron chi connectivity index (χ0n) is 20.1. The third kappa shape index (κ3) is 3.33. The van der Waals surface area contributed by atoms with Crippen LogP contribution in [0.25, 0.3) is 44.2 Å². The number of hydrogen-bond donors (Lipinski definition) is 0. The van der Waals surface area contributed by atoms with E-state index in [-0.39, 0.29) is 0 Å². The van der Waals surface area contributed by atoms with Gasteiger partial charge in [-0.1, -0.05) is 97.1 Å². The van der Waals surface area contributed by atoms with E-state index in [1.165, 1.54) is 38.6 Å². The monoisotopic (exact) mass is 470 g/mol. The van der Waals surface area contributed by atoms with Gasteiger partial charge in [-0.3, -0.25) is 0 Å². The second-order valence-corrected chi connectivity index (χ2v) is 9.28. The van der Waals surface area contributed by atoms with Crippen molar-refractivity contribution >= 4 is 27.8 Å². The number of benzene rings is 6. The summed E-state index contributed by atoms with van der Waals surface area (Å²) in [6, 6.07) is 48.8. The molecule has 0 heterocycles. The van der Waals surface area contributed by atoms with Gasteiger partial charge in [0, 0.05) is 11.4 Å². The van der Waals surface area contributed by atoms with Crippen molar-refractivity contribution in [2.75, 3.05) is 4.90 Å². The fourth-order valence-corrected chi connectivity index (χ4v) is 5.64.